The molecule has 76 heavy (non-hydrogen) atoms. The highest BCUT2D eigenvalue weighted by Gasteiger charge is 2.58. The minimum Gasteiger partial charge on any atom is -0.387 e. The smallest absolute Gasteiger partial charge is 0.387 e. The number of carbonyl (C=O) groups excluding carboxylic acids is 1. The predicted molar refractivity (Wildman–Crippen MR) is 254 cm³/mol. The number of anilines is 2. The molecule has 3 saturated heterocycles. The van der Waals surface area contributed by atoms with Gasteiger partial charge in [0.25, 0.3) is 17.1 Å². The van der Waals surface area contributed by atoms with E-state index in [1.807, 2.05) is 4.98 Å². The van der Waals surface area contributed by atoms with Gasteiger partial charge in [-0.1, -0.05) is 4.98 Å². The number of imidazole rings is 2. The first-order chi connectivity index (χ1) is 35.5. The van der Waals surface area contributed by atoms with Crippen LogP contribution in [0.2, 0.25) is 0 Å². The van der Waals surface area contributed by atoms with Crippen molar-refractivity contribution in [2.45, 2.75) is 73.5 Å². The third-order valence-electron chi connectivity index (χ3n) is 12.2. The van der Waals surface area contributed by atoms with Gasteiger partial charge in [0.1, 0.15) is 48.0 Å². The Bertz CT molecular complexity index is 3400. The molecular formula is C35H50N13O23P4S+. The van der Waals surface area contributed by atoms with Crippen molar-refractivity contribution in [1.29, 1.82) is 0 Å². The number of rotatable bonds is 20. The molecular weight excluding hydrogens is 1130 g/mol. The maximum absolute atomic E-state index is 14.4. The molecule has 0 spiro atoms. The molecule has 41 heteroatoms. The van der Waals surface area contributed by atoms with E-state index in [1.165, 1.54) is 46.1 Å². The molecule has 3 fully saturated rings. The Morgan fingerprint density at radius 2 is 1.58 bits per heavy atom. The molecule has 0 radical (unpaired) electrons. The highest BCUT2D eigenvalue weighted by molar-refractivity contribution is 8.55. The van der Waals surface area contributed by atoms with Crippen molar-refractivity contribution >= 4 is 81.4 Å². The van der Waals surface area contributed by atoms with Crippen LogP contribution in [0, 0.1) is 5.92 Å². The fraction of sp³-hybridized carbons (Fsp3) is 0.571. The quantitative estimate of drug-likeness (QED) is 0.0268. The topological polar surface area (TPSA) is 509 Å². The van der Waals surface area contributed by atoms with Crippen LogP contribution in [0.4, 0.5) is 11.8 Å². The van der Waals surface area contributed by atoms with Gasteiger partial charge in [-0.15, -0.1) is 0 Å². The molecule has 0 saturated carbocycles. The monoisotopic (exact) mass is 1180 g/mol. The first-order valence-corrected chi connectivity index (χ1v) is 29.7. The van der Waals surface area contributed by atoms with Crippen LogP contribution in [0.5, 0.6) is 0 Å². The molecule has 16 atom stereocenters. The van der Waals surface area contributed by atoms with Crippen LogP contribution >= 0.6 is 41.4 Å². The van der Waals surface area contributed by atoms with E-state index < -0.39 is 151 Å². The summed E-state index contributed by atoms with van der Waals surface area (Å²) in [5.41, 5.74) is 7.36. The van der Waals surface area contributed by atoms with Gasteiger partial charge in [-0.25, -0.2) is 38.0 Å². The summed E-state index contributed by atoms with van der Waals surface area (Å²) in [4.78, 5) is 115. The number of ether oxygens (including phenoxy) is 4. The lowest BCUT2D eigenvalue weighted by atomic mass is 9.94. The molecule has 13 N–H and O–H groups in total. The fourth-order valence-corrected chi connectivity index (χ4v) is 16.6. The van der Waals surface area contributed by atoms with Gasteiger partial charge in [-0.2, -0.15) is 8.62 Å². The van der Waals surface area contributed by atoms with Gasteiger partial charge in [0.2, 0.25) is 17.7 Å². The molecule has 5 aromatic rings. The van der Waals surface area contributed by atoms with E-state index in [9.17, 15) is 72.3 Å². The second-order valence-corrected chi connectivity index (χ2v) is 26.5. The molecule has 3 aliphatic rings. The number of nitrogens with zero attached hydrogens (tertiary/aromatic N) is 9. The second kappa shape index (κ2) is 21.9. The maximum atomic E-state index is 14.4. The first kappa shape index (κ1) is 57.5. The number of aromatic nitrogens is 10. The Kier molecular flexibility index (Phi) is 16.5. The summed E-state index contributed by atoms with van der Waals surface area (Å²) in [7, 11) is -11.8. The summed E-state index contributed by atoms with van der Waals surface area (Å²) in [6.45, 7) is -7.61. The minimum atomic E-state index is -6.14. The molecule has 4 unspecified atom stereocenters. The van der Waals surface area contributed by atoms with Gasteiger partial charge >= 0.3 is 41.4 Å². The Hall–Kier alpha value is -4.68. The normalized spacial score (nSPS) is 30.0. The maximum Gasteiger partial charge on any atom is 0.488 e. The number of H-pyrrole nitrogens is 2. The number of carbonyl (C=O) groups is 1. The van der Waals surface area contributed by atoms with E-state index in [1.54, 1.807) is 0 Å². The number of nitrogens with one attached hydrogen (secondary N) is 2. The summed E-state index contributed by atoms with van der Waals surface area (Å²) < 4.78 is 101. The SMILES string of the molecule is CO[C@@H]1[C@H](P(=O)(O)OC[C@H]2O[C@@H](n3ccc(=O)[nH]c3=O)[C@H](O)[C@@H]2O)[C@@H](CSP(=O)(O)OP(=O)(O)OP(=O)(O)OC[C@H]2O[C@@H]([n+]3cn(C)c4c(=O)[nH]c(N)nc43)[C@H](O)[C@@H]2CC(=O)N(C)C)O[C@H]1n1cnc2c(N)ncnc21. The van der Waals surface area contributed by atoms with Crippen molar-refractivity contribution in [1.82, 2.24) is 48.5 Å². The number of methoxy groups -OCH3 is 1. The highest BCUT2D eigenvalue weighted by atomic mass is 32.7. The zero-order chi connectivity index (χ0) is 55.6. The summed E-state index contributed by atoms with van der Waals surface area (Å²) in [5.74, 6) is -3.05. The number of phosphoric acid groups is 2. The molecule has 8 heterocycles. The van der Waals surface area contributed by atoms with E-state index in [-0.39, 0.29) is 45.5 Å². The number of aliphatic hydroxyl groups excluding tert-OH is 3. The predicted octanol–water partition coefficient (Wildman–Crippen LogP) is -3.36. The number of nitrogens with two attached hydrogens (primary N) is 2. The minimum absolute atomic E-state index is 0.00165. The van der Waals surface area contributed by atoms with Crippen molar-refractivity contribution in [2.24, 2.45) is 13.0 Å². The van der Waals surface area contributed by atoms with E-state index in [0.29, 0.717) is 0 Å². The molecule has 0 aliphatic carbocycles. The Morgan fingerprint density at radius 1 is 0.882 bits per heavy atom. The van der Waals surface area contributed by atoms with Gasteiger partial charge in [-0.3, -0.25) is 47.1 Å². The number of aryl methyl sites for hydroxylation is 1. The van der Waals surface area contributed by atoms with Gasteiger partial charge in [-0.05, 0) is 11.4 Å². The summed E-state index contributed by atoms with van der Waals surface area (Å²) in [5, 5.41) is 33.0. The number of hydrogen-bond acceptors (Lipinski definition) is 26. The number of phosphoric ester groups is 1. The van der Waals surface area contributed by atoms with Crippen LogP contribution in [0.3, 0.4) is 0 Å². The lowest BCUT2D eigenvalue weighted by Crippen LogP contribution is -2.45. The van der Waals surface area contributed by atoms with E-state index in [0.717, 1.165) is 36.6 Å². The number of hydrogen-bond donors (Lipinski definition) is 11. The van der Waals surface area contributed by atoms with Crippen LogP contribution in [-0.2, 0) is 66.7 Å². The Labute approximate surface area is 428 Å². The number of aromatic amines is 2. The molecule has 1 amide bonds. The first-order valence-electron chi connectivity index (χ1n) is 21.9. The molecule has 418 valence electrons. The second-order valence-electron chi connectivity index (χ2n) is 17.4. The van der Waals surface area contributed by atoms with Crippen LogP contribution in [-0.4, -0.2) is 178 Å². The summed E-state index contributed by atoms with van der Waals surface area (Å²) in [6.07, 6.45) is -12.1. The zero-order valence-electron chi connectivity index (χ0n) is 39.7. The summed E-state index contributed by atoms with van der Waals surface area (Å²) >= 11 is -0.196. The van der Waals surface area contributed by atoms with Crippen molar-refractivity contribution in [3.05, 3.63) is 62.4 Å². The average molecular weight is 1180 g/mol. The van der Waals surface area contributed by atoms with Crippen molar-refractivity contribution in [3.8, 4) is 0 Å². The zero-order valence-corrected chi connectivity index (χ0v) is 44.1. The lowest BCUT2D eigenvalue weighted by molar-refractivity contribution is -0.745. The third-order valence-corrected chi connectivity index (χ3v) is 20.7. The van der Waals surface area contributed by atoms with Crippen LogP contribution in [0.15, 0.2) is 45.6 Å². The third kappa shape index (κ3) is 11.8. The Balaban J connectivity index is 0.969. The standard InChI is InChI=1S/C35H49N13O23P4S/c1-44(2)19(50)7-14-15(67-31(22(14)51)48-13-45(3)21-29(48)42-34(37)43-30(21)54)8-66-73(58,59)70-74(60,61)71-75(62,63)76-10-17-26(25(64-4)33(69-17)47-12-40-20-27(36)38-11-39-28(20)47)72(56,57)65-9-16-23(52)24(53)32(68-16)46-6-5-18(49)41-35(46)55/h5-6,11-17,22-26,31-33,51-53H,7-10H2,1-4H3,(H9-,36,37,38,39,41,42,43,49,54,55,56,57,58,59,60,61,62,63)/p+1/t14-,15-,16-,17-,22-,23-,24-,25-,26-,31-,32-,33-/m1/s1. The van der Waals surface area contributed by atoms with Crippen LogP contribution in [0.1, 0.15) is 25.1 Å². The highest BCUT2D eigenvalue weighted by Crippen LogP contribution is 2.72. The van der Waals surface area contributed by atoms with Crippen LogP contribution in [0.25, 0.3) is 22.3 Å². The fourth-order valence-electron chi connectivity index (χ4n) is 8.71. The number of fused-ring (bicyclic) bond motifs is 2. The van der Waals surface area contributed by atoms with Gasteiger partial charge in [0.15, 0.2) is 30.2 Å². The van der Waals surface area contributed by atoms with Gasteiger partial charge < -0.3 is 74.7 Å². The number of amides is 1. The van der Waals surface area contributed by atoms with Crippen molar-refractivity contribution < 1.29 is 99.1 Å². The average Bonchev–Trinajstić information content (AvgIpc) is 4.13. The van der Waals surface area contributed by atoms with Gasteiger partial charge in [0, 0.05) is 51.6 Å². The Morgan fingerprint density at radius 3 is 2.26 bits per heavy atom. The van der Waals surface area contributed by atoms with E-state index in [4.69, 9.17) is 39.5 Å². The number of aliphatic hydroxyl groups is 3. The van der Waals surface area contributed by atoms with Crippen LogP contribution < -0.4 is 32.8 Å². The molecule has 3 aliphatic heterocycles. The molecule has 0 bridgehead atoms. The molecule has 36 nitrogen and oxygen atoms in total. The van der Waals surface area contributed by atoms with Crippen molar-refractivity contribution in [2.75, 3.05) is 51.6 Å². The van der Waals surface area contributed by atoms with Crippen molar-refractivity contribution in [3.63, 3.8) is 0 Å². The van der Waals surface area contributed by atoms with E-state index in [2.05, 4.69) is 33.5 Å². The molecule has 5 aromatic heterocycles. The van der Waals surface area contributed by atoms with Gasteiger partial charge in [0.05, 0.1) is 38.8 Å². The lowest BCUT2D eigenvalue weighted by Gasteiger charge is -2.28. The molecule has 0 aromatic carbocycles. The number of nitrogen functional groups attached to an aromatic ring is 2. The van der Waals surface area contributed by atoms with E-state index >= 15 is 0 Å². The summed E-state index contributed by atoms with van der Waals surface area (Å²) in [6, 6.07) is 0.932. The largest absolute Gasteiger partial charge is 0.488 e. The molecule has 8 rings (SSSR count).